The van der Waals surface area contributed by atoms with Crippen LogP contribution in [0, 0.1) is 4.77 Å². The molecule has 4 nitrogen and oxygen atoms in total. The van der Waals surface area contributed by atoms with Crippen molar-refractivity contribution in [2.75, 3.05) is 0 Å². The van der Waals surface area contributed by atoms with E-state index in [1.165, 1.54) is 10.8 Å². The minimum absolute atomic E-state index is 0.131. The highest BCUT2D eigenvalue weighted by molar-refractivity contribution is 7.71. The molecule has 0 fully saturated rings. The molecule has 0 atom stereocenters. The first-order valence-corrected chi connectivity index (χ1v) is 7.57. The molecule has 1 N–H and O–H groups in total. The van der Waals surface area contributed by atoms with Gasteiger partial charge in [-0.15, -0.1) is 0 Å². The van der Waals surface area contributed by atoms with Crippen molar-refractivity contribution in [1.29, 1.82) is 0 Å². The van der Waals surface area contributed by atoms with Crippen LogP contribution in [-0.4, -0.2) is 21.1 Å². The third-order valence-electron chi connectivity index (χ3n) is 3.42. The summed E-state index contributed by atoms with van der Waals surface area (Å²) in [6.45, 7) is 6.25. The number of hydrogen-bond donors (Lipinski definition) is 1. The van der Waals surface area contributed by atoms with E-state index in [1.807, 2.05) is 24.4 Å². The van der Waals surface area contributed by atoms with Crippen LogP contribution >= 0.6 is 12.2 Å². The fourth-order valence-electron chi connectivity index (χ4n) is 2.30. The zero-order chi connectivity index (χ0) is 15.7. The number of aromatic amines is 1. The number of nitrogens with one attached hydrogen (secondary N) is 1. The fourth-order valence-corrected chi connectivity index (χ4v) is 2.48. The Bertz CT molecular complexity index is 897. The summed E-state index contributed by atoms with van der Waals surface area (Å²) >= 11 is 5.27. The lowest BCUT2D eigenvalue weighted by molar-refractivity contribution is 0.516. The van der Waals surface area contributed by atoms with E-state index >= 15 is 0 Å². The predicted molar refractivity (Wildman–Crippen MR) is 93.1 cm³/mol. The van der Waals surface area contributed by atoms with E-state index in [-0.39, 0.29) is 5.41 Å². The van der Waals surface area contributed by atoms with Crippen LogP contribution in [0.25, 0.3) is 10.8 Å². The second-order valence-corrected chi connectivity index (χ2v) is 6.65. The molecule has 0 saturated carbocycles. The summed E-state index contributed by atoms with van der Waals surface area (Å²) in [6.07, 6.45) is 1.81. The van der Waals surface area contributed by atoms with Gasteiger partial charge < -0.3 is 0 Å². The van der Waals surface area contributed by atoms with Gasteiger partial charge in [0.1, 0.15) is 0 Å². The Morgan fingerprint density at radius 2 is 1.86 bits per heavy atom. The smallest absolute Gasteiger partial charge is 0.216 e. The highest BCUT2D eigenvalue weighted by Gasteiger charge is 2.21. The molecule has 1 aromatic heterocycles. The van der Waals surface area contributed by atoms with Crippen molar-refractivity contribution in [3.05, 3.63) is 58.6 Å². The van der Waals surface area contributed by atoms with Gasteiger partial charge in [0.2, 0.25) is 4.77 Å². The van der Waals surface area contributed by atoms with Crippen LogP contribution in [0.4, 0.5) is 0 Å². The summed E-state index contributed by atoms with van der Waals surface area (Å²) in [5.74, 6) is 0.814. The monoisotopic (exact) mass is 310 g/mol. The third-order valence-corrected chi connectivity index (χ3v) is 3.68. The molecule has 0 aliphatic rings. The lowest BCUT2D eigenvalue weighted by atomic mass is 9.96. The fraction of sp³-hybridized carbons (Fsp3) is 0.235. The van der Waals surface area contributed by atoms with Crippen molar-refractivity contribution < 1.29 is 0 Å². The molecule has 0 aliphatic heterocycles. The summed E-state index contributed by atoms with van der Waals surface area (Å²) in [5, 5.41) is 14.0. The second kappa shape index (κ2) is 5.50. The highest BCUT2D eigenvalue weighted by Crippen LogP contribution is 2.20. The van der Waals surface area contributed by atoms with Crippen molar-refractivity contribution >= 4 is 29.2 Å². The summed E-state index contributed by atoms with van der Waals surface area (Å²) < 4.78 is 2.19. The Labute approximate surface area is 134 Å². The third kappa shape index (κ3) is 2.85. The van der Waals surface area contributed by atoms with E-state index in [0.29, 0.717) is 4.77 Å². The van der Waals surface area contributed by atoms with Gasteiger partial charge in [-0.1, -0.05) is 57.2 Å². The predicted octanol–water partition coefficient (Wildman–Crippen LogP) is 4.27. The van der Waals surface area contributed by atoms with Gasteiger partial charge in [-0.25, -0.2) is 0 Å². The quantitative estimate of drug-likeness (QED) is 0.567. The van der Waals surface area contributed by atoms with Crippen molar-refractivity contribution in [2.24, 2.45) is 5.10 Å². The number of aromatic nitrogens is 3. The average molecular weight is 310 g/mol. The summed E-state index contributed by atoms with van der Waals surface area (Å²) in [5.41, 5.74) is 0.899. The van der Waals surface area contributed by atoms with Crippen molar-refractivity contribution in [3.63, 3.8) is 0 Å². The lowest BCUT2D eigenvalue weighted by Crippen LogP contribution is -2.17. The molecule has 0 saturated heterocycles. The van der Waals surface area contributed by atoms with Gasteiger partial charge in [0.25, 0.3) is 0 Å². The molecule has 3 aromatic rings. The molecule has 0 aliphatic carbocycles. The normalized spacial score (nSPS) is 12.3. The molecule has 3 rings (SSSR count). The number of rotatable bonds is 2. The van der Waals surface area contributed by atoms with Gasteiger partial charge >= 0.3 is 0 Å². The van der Waals surface area contributed by atoms with Crippen LogP contribution in [0.3, 0.4) is 0 Å². The maximum absolute atomic E-state index is 5.27. The number of benzene rings is 2. The Morgan fingerprint density at radius 1 is 1.14 bits per heavy atom. The van der Waals surface area contributed by atoms with E-state index in [1.54, 1.807) is 4.68 Å². The first-order chi connectivity index (χ1) is 10.4. The maximum atomic E-state index is 5.27. The second-order valence-electron chi connectivity index (χ2n) is 6.27. The summed E-state index contributed by atoms with van der Waals surface area (Å²) in [4.78, 5) is 0. The molecule has 5 heteroatoms. The molecule has 0 bridgehead atoms. The standard InChI is InChI=1S/C17H18N4S/c1-17(2,3)15-19-20-16(22)21(15)18-11-12-8-9-13-6-4-5-7-14(13)10-12/h4-11H,1-3H3,(H,20,22)/b18-11-. The Balaban J connectivity index is 2.00. The molecule has 0 spiro atoms. The molecule has 1 heterocycles. The van der Waals surface area contributed by atoms with Crippen molar-refractivity contribution in [1.82, 2.24) is 14.9 Å². The van der Waals surface area contributed by atoms with Crippen molar-refractivity contribution in [2.45, 2.75) is 26.2 Å². The van der Waals surface area contributed by atoms with Gasteiger partial charge in [-0.2, -0.15) is 14.9 Å². The van der Waals surface area contributed by atoms with E-state index in [9.17, 15) is 0 Å². The lowest BCUT2D eigenvalue weighted by Gasteiger charge is -2.15. The van der Waals surface area contributed by atoms with Crippen LogP contribution < -0.4 is 0 Å². The van der Waals surface area contributed by atoms with Gasteiger partial charge in [0.05, 0.1) is 6.21 Å². The van der Waals surface area contributed by atoms with Gasteiger partial charge in [0, 0.05) is 5.41 Å². The van der Waals surface area contributed by atoms with Crippen molar-refractivity contribution in [3.8, 4) is 0 Å². The minimum atomic E-state index is -0.131. The van der Waals surface area contributed by atoms with Gasteiger partial charge in [-0.3, -0.25) is 5.10 Å². The summed E-state index contributed by atoms with van der Waals surface area (Å²) in [6, 6.07) is 14.5. The van der Waals surface area contributed by atoms with Crippen LogP contribution in [0.15, 0.2) is 47.6 Å². The molecule has 0 unspecified atom stereocenters. The van der Waals surface area contributed by atoms with E-state index in [0.717, 1.165) is 11.4 Å². The average Bonchev–Trinajstić information content (AvgIpc) is 2.86. The molecule has 0 radical (unpaired) electrons. The first kappa shape index (κ1) is 14.7. The highest BCUT2D eigenvalue weighted by atomic mass is 32.1. The van der Waals surface area contributed by atoms with Crippen LogP contribution in [0.5, 0.6) is 0 Å². The molecular formula is C17H18N4S. The largest absolute Gasteiger partial charge is 0.250 e. The van der Waals surface area contributed by atoms with Crippen LogP contribution in [-0.2, 0) is 5.41 Å². The van der Waals surface area contributed by atoms with Gasteiger partial charge in [0.15, 0.2) is 5.82 Å². The number of H-pyrrole nitrogens is 1. The number of nitrogens with zero attached hydrogens (tertiary/aromatic N) is 3. The van der Waals surface area contributed by atoms with E-state index < -0.39 is 0 Å². The zero-order valence-corrected chi connectivity index (χ0v) is 13.7. The molecule has 0 amide bonds. The number of hydrogen-bond acceptors (Lipinski definition) is 3. The minimum Gasteiger partial charge on any atom is -0.250 e. The summed E-state index contributed by atoms with van der Waals surface area (Å²) in [7, 11) is 0. The number of fused-ring (bicyclic) bond motifs is 1. The zero-order valence-electron chi connectivity index (χ0n) is 12.9. The first-order valence-electron chi connectivity index (χ1n) is 7.16. The molecule has 2 aromatic carbocycles. The topological polar surface area (TPSA) is 46.0 Å². The Morgan fingerprint density at radius 3 is 2.59 bits per heavy atom. The van der Waals surface area contributed by atoms with E-state index in [2.05, 4.69) is 60.3 Å². The maximum Gasteiger partial charge on any atom is 0.216 e. The molecule has 112 valence electrons. The SMILES string of the molecule is CC(C)(C)c1n[nH]c(=S)n1/N=C\c1ccc2ccccc2c1. The Kier molecular flexibility index (Phi) is 3.66. The Hall–Kier alpha value is -2.27. The van der Waals surface area contributed by atoms with Crippen LogP contribution in [0.1, 0.15) is 32.2 Å². The van der Waals surface area contributed by atoms with E-state index in [4.69, 9.17) is 12.2 Å². The molecular weight excluding hydrogens is 292 g/mol. The van der Waals surface area contributed by atoms with Gasteiger partial charge in [-0.05, 0) is 34.6 Å². The molecule has 22 heavy (non-hydrogen) atoms. The van der Waals surface area contributed by atoms with Crippen LogP contribution in [0.2, 0.25) is 0 Å².